The summed E-state index contributed by atoms with van der Waals surface area (Å²) in [5, 5.41) is 8.80. The van der Waals surface area contributed by atoms with Gasteiger partial charge in [-0.15, -0.1) is 0 Å². The lowest BCUT2D eigenvalue weighted by Crippen LogP contribution is -2.30. The van der Waals surface area contributed by atoms with Gasteiger partial charge < -0.3 is 10.0 Å². The zero-order chi connectivity index (χ0) is 13.4. The second-order valence-electron chi connectivity index (χ2n) is 4.22. The van der Waals surface area contributed by atoms with Crippen molar-refractivity contribution >= 4 is 17.6 Å². The number of carbonyl (C=O) groups excluding carboxylic acids is 1. The van der Waals surface area contributed by atoms with Crippen LogP contribution < -0.4 is 4.90 Å². The summed E-state index contributed by atoms with van der Waals surface area (Å²) >= 11 is 0. The summed E-state index contributed by atoms with van der Waals surface area (Å²) in [6, 6.07) is 1.92. The number of carbonyl (C=O) groups is 2. The fourth-order valence-electron chi connectivity index (χ4n) is 1.99. The van der Waals surface area contributed by atoms with Gasteiger partial charge in [0.25, 0.3) is 0 Å². The molecular formula is C12H11F2NO3. The van der Waals surface area contributed by atoms with Gasteiger partial charge in [-0.2, -0.15) is 0 Å². The molecule has 1 saturated heterocycles. The van der Waals surface area contributed by atoms with Crippen molar-refractivity contribution in [1.82, 2.24) is 0 Å². The zero-order valence-corrected chi connectivity index (χ0v) is 9.61. The number of rotatable bonds is 2. The maximum atomic E-state index is 13.7. The number of carboxylic acids is 1. The van der Waals surface area contributed by atoms with E-state index in [0.717, 1.165) is 17.0 Å². The molecule has 1 aliphatic heterocycles. The van der Waals surface area contributed by atoms with Crippen molar-refractivity contribution in [3.63, 3.8) is 0 Å². The van der Waals surface area contributed by atoms with Crippen molar-refractivity contribution in [2.45, 2.75) is 13.3 Å². The van der Waals surface area contributed by atoms with Crippen molar-refractivity contribution < 1.29 is 23.5 Å². The molecule has 0 saturated carbocycles. The van der Waals surface area contributed by atoms with E-state index in [1.807, 2.05) is 0 Å². The second kappa shape index (κ2) is 4.36. The molecule has 18 heavy (non-hydrogen) atoms. The highest BCUT2D eigenvalue weighted by atomic mass is 19.1. The number of amides is 1. The minimum absolute atomic E-state index is 0.0786. The lowest BCUT2D eigenvalue weighted by molar-refractivity contribution is -0.144. The standard InChI is InChI=1S/C12H11F2NO3/c1-6-4-9(14)10(5-8(6)13)15-3-2-7(11(15)16)12(17)18/h4-5,7H,2-3H2,1H3,(H,17,18). The third-order valence-corrected chi connectivity index (χ3v) is 3.02. The summed E-state index contributed by atoms with van der Waals surface area (Å²) in [6.07, 6.45) is 0.100. The third kappa shape index (κ3) is 1.94. The Bertz CT molecular complexity index is 530. The van der Waals surface area contributed by atoms with E-state index in [4.69, 9.17) is 5.11 Å². The molecule has 1 aromatic rings. The molecule has 2 rings (SSSR count). The molecule has 1 aliphatic rings. The normalized spacial score (nSPS) is 19.4. The SMILES string of the molecule is Cc1cc(F)c(N2CCC(C(=O)O)C2=O)cc1F. The molecule has 0 radical (unpaired) electrons. The largest absolute Gasteiger partial charge is 0.481 e. The van der Waals surface area contributed by atoms with Crippen molar-refractivity contribution in [3.8, 4) is 0 Å². The van der Waals surface area contributed by atoms with Crippen molar-refractivity contribution in [2.75, 3.05) is 11.4 Å². The van der Waals surface area contributed by atoms with E-state index in [2.05, 4.69) is 0 Å². The van der Waals surface area contributed by atoms with Gasteiger partial charge in [-0.3, -0.25) is 9.59 Å². The summed E-state index contributed by atoms with van der Waals surface area (Å²) < 4.78 is 27.1. The lowest BCUT2D eigenvalue weighted by atomic mass is 10.1. The van der Waals surface area contributed by atoms with Crippen LogP contribution in [-0.2, 0) is 9.59 Å². The maximum absolute atomic E-state index is 13.7. The molecule has 0 aliphatic carbocycles. The number of nitrogens with zero attached hydrogens (tertiary/aromatic N) is 1. The highest BCUT2D eigenvalue weighted by Gasteiger charge is 2.38. The molecule has 1 atom stereocenters. The van der Waals surface area contributed by atoms with E-state index in [1.54, 1.807) is 0 Å². The Balaban J connectivity index is 2.37. The monoisotopic (exact) mass is 255 g/mol. The number of hydrogen-bond acceptors (Lipinski definition) is 2. The van der Waals surface area contributed by atoms with E-state index in [0.29, 0.717) is 0 Å². The van der Waals surface area contributed by atoms with Crippen molar-refractivity contribution in [3.05, 3.63) is 29.3 Å². The Kier molecular flexibility index (Phi) is 3.02. The molecule has 1 aromatic carbocycles. The van der Waals surface area contributed by atoms with Crippen LogP contribution in [0.2, 0.25) is 0 Å². The van der Waals surface area contributed by atoms with Gasteiger partial charge in [-0.05, 0) is 25.0 Å². The molecule has 1 fully saturated rings. The first kappa shape index (κ1) is 12.5. The summed E-state index contributed by atoms with van der Waals surface area (Å²) in [5.41, 5.74) is -0.0652. The van der Waals surface area contributed by atoms with Gasteiger partial charge >= 0.3 is 5.97 Å². The summed E-state index contributed by atoms with van der Waals surface area (Å²) in [4.78, 5) is 23.5. The number of halogens is 2. The van der Waals surface area contributed by atoms with E-state index in [1.165, 1.54) is 6.92 Å². The predicted molar refractivity (Wildman–Crippen MR) is 59.2 cm³/mol. The number of carboxylic acid groups (broad SMARTS) is 1. The van der Waals surface area contributed by atoms with Gasteiger partial charge in [0.15, 0.2) is 0 Å². The summed E-state index contributed by atoms with van der Waals surface area (Å²) in [7, 11) is 0. The molecule has 1 N–H and O–H groups in total. The molecular weight excluding hydrogens is 244 g/mol. The molecule has 4 nitrogen and oxygen atoms in total. The third-order valence-electron chi connectivity index (χ3n) is 3.02. The number of anilines is 1. The predicted octanol–water partition coefficient (Wildman–Crippen LogP) is 1.71. The number of hydrogen-bond donors (Lipinski definition) is 1. The highest BCUT2D eigenvalue weighted by Crippen LogP contribution is 2.29. The molecule has 1 amide bonds. The summed E-state index contributed by atoms with van der Waals surface area (Å²) in [5.74, 6) is -4.47. The van der Waals surface area contributed by atoms with E-state index < -0.39 is 29.4 Å². The van der Waals surface area contributed by atoms with E-state index in [9.17, 15) is 18.4 Å². The van der Waals surface area contributed by atoms with Gasteiger partial charge in [0.05, 0.1) is 5.69 Å². The van der Waals surface area contributed by atoms with Crippen LogP contribution in [0.25, 0.3) is 0 Å². The molecule has 0 aromatic heterocycles. The van der Waals surface area contributed by atoms with Gasteiger partial charge in [0.2, 0.25) is 5.91 Å². The Hall–Kier alpha value is -1.98. The fourth-order valence-corrected chi connectivity index (χ4v) is 1.99. The number of benzene rings is 1. The molecule has 1 heterocycles. The van der Waals surface area contributed by atoms with Gasteiger partial charge in [-0.1, -0.05) is 0 Å². The van der Waals surface area contributed by atoms with Gasteiger partial charge in [0, 0.05) is 12.6 Å². The average molecular weight is 255 g/mol. The van der Waals surface area contributed by atoms with Crippen LogP contribution in [0.4, 0.5) is 14.5 Å². The van der Waals surface area contributed by atoms with Crippen LogP contribution in [0, 0.1) is 24.5 Å². The summed E-state index contributed by atoms with van der Waals surface area (Å²) in [6.45, 7) is 1.49. The first-order valence-electron chi connectivity index (χ1n) is 5.41. The Morgan fingerprint density at radius 2 is 2.06 bits per heavy atom. The second-order valence-corrected chi connectivity index (χ2v) is 4.22. The average Bonchev–Trinajstić information content (AvgIpc) is 2.66. The van der Waals surface area contributed by atoms with Crippen LogP contribution in [-0.4, -0.2) is 23.5 Å². The minimum atomic E-state index is -1.24. The number of aryl methyl sites for hydroxylation is 1. The smallest absolute Gasteiger partial charge is 0.316 e. The van der Waals surface area contributed by atoms with Crippen LogP contribution in [0.3, 0.4) is 0 Å². The van der Waals surface area contributed by atoms with Crippen molar-refractivity contribution in [2.24, 2.45) is 5.92 Å². The van der Waals surface area contributed by atoms with Crippen molar-refractivity contribution in [1.29, 1.82) is 0 Å². The topological polar surface area (TPSA) is 57.6 Å². The Morgan fingerprint density at radius 1 is 1.39 bits per heavy atom. The van der Waals surface area contributed by atoms with Crippen LogP contribution >= 0.6 is 0 Å². The van der Waals surface area contributed by atoms with Gasteiger partial charge in [-0.25, -0.2) is 8.78 Å². The first-order valence-corrected chi connectivity index (χ1v) is 5.41. The first-order chi connectivity index (χ1) is 8.41. The van der Waals surface area contributed by atoms with E-state index in [-0.39, 0.29) is 24.2 Å². The maximum Gasteiger partial charge on any atom is 0.316 e. The minimum Gasteiger partial charge on any atom is -0.481 e. The van der Waals surface area contributed by atoms with Crippen LogP contribution in [0.1, 0.15) is 12.0 Å². The molecule has 6 heteroatoms. The lowest BCUT2D eigenvalue weighted by Gasteiger charge is -2.17. The fraction of sp³-hybridized carbons (Fsp3) is 0.333. The van der Waals surface area contributed by atoms with Crippen LogP contribution in [0.5, 0.6) is 0 Å². The highest BCUT2D eigenvalue weighted by molar-refractivity contribution is 6.07. The molecule has 0 spiro atoms. The Morgan fingerprint density at radius 3 is 2.61 bits per heavy atom. The number of aliphatic carboxylic acids is 1. The molecule has 0 bridgehead atoms. The van der Waals surface area contributed by atoms with E-state index >= 15 is 0 Å². The Labute approximate surface area is 102 Å². The molecule has 96 valence electrons. The molecule has 1 unspecified atom stereocenters. The zero-order valence-electron chi connectivity index (χ0n) is 9.61. The van der Waals surface area contributed by atoms with Gasteiger partial charge in [0.1, 0.15) is 17.6 Å². The quantitative estimate of drug-likeness (QED) is 0.818. The van der Waals surface area contributed by atoms with Crippen LogP contribution in [0.15, 0.2) is 12.1 Å².